The van der Waals surface area contributed by atoms with Crippen LogP contribution in [0.1, 0.15) is 53.6 Å². The van der Waals surface area contributed by atoms with Gasteiger partial charge in [0, 0.05) is 4.88 Å². The van der Waals surface area contributed by atoms with E-state index in [0.29, 0.717) is 6.10 Å². The first-order valence-corrected chi connectivity index (χ1v) is 7.34. The summed E-state index contributed by atoms with van der Waals surface area (Å²) in [5.41, 5.74) is 0. The molecule has 1 saturated carbocycles. The van der Waals surface area contributed by atoms with Gasteiger partial charge in [-0.05, 0) is 31.4 Å². The summed E-state index contributed by atoms with van der Waals surface area (Å²) < 4.78 is 5.70. The first-order valence-electron chi connectivity index (χ1n) is 6.53. The van der Waals surface area contributed by atoms with Crippen LogP contribution in [-0.4, -0.2) is 18.5 Å². The molecule has 1 aliphatic rings. The number of hydrogen-bond acceptors (Lipinski definition) is 3. The van der Waals surface area contributed by atoms with Crippen molar-refractivity contribution in [1.29, 1.82) is 0 Å². The van der Waals surface area contributed by atoms with Crippen molar-refractivity contribution in [3.63, 3.8) is 0 Å². The highest BCUT2D eigenvalue weighted by Crippen LogP contribution is 2.21. The van der Waals surface area contributed by atoms with Crippen LogP contribution in [0.3, 0.4) is 0 Å². The van der Waals surface area contributed by atoms with E-state index in [2.05, 4.69) is 6.92 Å². The van der Waals surface area contributed by atoms with Gasteiger partial charge in [-0.2, -0.15) is 0 Å². The Labute approximate surface area is 107 Å². The van der Waals surface area contributed by atoms with E-state index in [9.17, 15) is 4.79 Å². The molecule has 0 amide bonds. The summed E-state index contributed by atoms with van der Waals surface area (Å²) in [7, 11) is 0. The summed E-state index contributed by atoms with van der Waals surface area (Å²) in [6.07, 6.45) is 7.38. The van der Waals surface area contributed by atoms with Crippen molar-refractivity contribution in [2.24, 2.45) is 0 Å². The van der Waals surface area contributed by atoms with E-state index in [-0.39, 0.29) is 12.4 Å². The Morgan fingerprint density at radius 1 is 1.35 bits per heavy atom. The van der Waals surface area contributed by atoms with Crippen molar-refractivity contribution in [3.05, 3.63) is 21.9 Å². The number of hydrogen-bond donors (Lipinski definition) is 0. The summed E-state index contributed by atoms with van der Waals surface area (Å²) in [6.45, 7) is 2.37. The minimum atomic E-state index is 0.139. The average Bonchev–Trinajstić information content (AvgIpc) is 2.86. The molecule has 0 N–H and O–H groups in total. The maximum Gasteiger partial charge on any atom is 0.198 e. The minimum absolute atomic E-state index is 0.139. The van der Waals surface area contributed by atoms with Crippen LogP contribution in [0.25, 0.3) is 0 Å². The molecule has 2 rings (SSSR count). The zero-order valence-corrected chi connectivity index (χ0v) is 11.2. The van der Waals surface area contributed by atoms with E-state index in [0.717, 1.165) is 24.1 Å². The monoisotopic (exact) mass is 252 g/mol. The van der Waals surface area contributed by atoms with Crippen molar-refractivity contribution in [1.82, 2.24) is 0 Å². The van der Waals surface area contributed by atoms with Gasteiger partial charge in [-0.1, -0.05) is 26.2 Å². The van der Waals surface area contributed by atoms with Gasteiger partial charge in [0.05, 0.1) is 11.0 Å². The molecule has 1 aliphatic carbocycles. The van der Waals surface area contributed by atoms with Crippen LogP contribution in [0.15, 0.2) is 12.1 Å². The molecular weight excluding hydrogens is 232 g/mol. The lowest BCUT2D eigenvalue weighted by Gasteiger charge is -2.21. The van der Waals surface area contributed by atoms with Crippen molar-refractivity contribution in [2.45, 2.75) is 51.6 Å². The van der Waals surface area contributed by atoms with Crippen LogP contribution < -0.4 is 0 Å². The smallest absolute Gasteiger partial charge is 0.198 e. The molecule has 1 fully saturated rings. The molecule has 17 heavy (non-hydrogen) atoms. The molecule has 0 aromatic carbocycles. The third kappa shape index (κ3) is 3.65. The van der Waals surface area contributed by atoms with Gasteiger partial charge in [0.15, 0.2) is 5.78 Å². The van der Waals surface area contributed by atoms with Crippen molar-refractivity contribution < 1.29 is 9.53 Å². The Hall–Kier alpha value is -0.670. The summed E-state index contributed by atoms with van der Waals surface area (Å²) in [6, 6.07) is 3.97. The van der Waals surface area contributed by atoms with Gasteiger partial charge in [-0.15, -0.1) is 11.3 Å². The zero-order chi connectivity index (χ0) is 12.1. The number of carbonyl (C=O) groups is 1. The lowest BCUT2D eigenvalue weighted by molar-refractivity contribution is 0.0286. The first kappa shape index (κ1) is 12.8. The van der Waals surface area contributed by atoms with E-state index in [1.165, 1.54) is 24.1 Å². The highest BCUT2D eigenvalue weighted by molar-refractivity contribution is 7.14. The van der Waals surface area contributed by atoms with E-state index in [1.807, 2.05) is 12.1 Å². The summed E-state index contributed by atoms with van der Waals surface area (Å²) in [4.78, 5) is 14.0. The number of aryl methyl sites for hydroxylation is 1. The standard InChI is InChI=1S/C14H20O2S/c1-2-12-8-9-14(17-12)13(15)10-16-11-6-4-3-5-7-11/h8-9,11H,2-7,10H2,1H3. The molecule has 1 heterocycles. The molecule has 1 aromatic rings. The van der Waals surface area contributed by atoms with Crippen molar-refractivity contribution in [2.75, 3.05) is 6.61 Å². The SMILES string of the molecule is CCc1ccc(C(=O)COC2CCCCC2)s1. The van der Waals surface area contributed by atoms with Gasteiger partial charge in [-0.3, -0.25) is 4.79 Å². The average molecular weight is 252 g/mol. The molecule has 0 radical (unpaired) electrons. The molecule has 94 valence electrons. The quantitative estimate of drug-likeness (QED) is 0.744. The number of carbonyl (C=O) groups excluding carboxylic acids is 1. The topological polar surface area (TPSA) is 26.3 Å². The zero-order valence-electron chi connectivity index (χ0n) is 10.4. The van der Waals surface area contributed by atoms with E-state index < -0.39 is 0 Å². The van der Waals surface area contributed by atoms with Gasteiger partial charge in [0.2, 0.25) is 0 Å². The number of ether oxygens (including phenoxy) is 1. The highest BCUT2D eigenvalue weighted by atomic mass is 32.1. The minimum Gasteiger partial charge on any atom is -0.370 e. The van der Waals surface area contributed by atoms with Crippen LogP contribution in [-0.2, 0) is 11.2 Å². The van der Waals surface area contributed by atoms with Crippen LogP contribution in [0, 0.1) is 0 Å². The summed E-state index contributed by atoms with van der Waals surface area (Å²) in [5.74, 6) is 0.139. The van der Waals surface area contributed by atoms with Gasteiger partial charge in [0.25, 0.3) is 0 Å². The number of rotatable bonds is 5. The number of Topliss-reactive ketones (excluding diaryl/α,β-unsaturated/α-hetero) is 1. The Morgan fingerprint density at radius 2 is 2.12 bits per heavy atom. The van der Waals surface area contributed by atoms with Crippen LogP contribution >= 0.6 is 11.3 Å². The molecule has 0 aliphatic heterocycles. The second-order valence-electron chi connectivity index (χ2n) is 4.61. The molecule has 0 unspecified atom stereocenters. The molecule has 3 heteroatoms. The largest absolute Gasteiger partial charge is 0.370 e. The molecule has 0 atom stereocenters. The maximum absolute atomic E-state index is 11.9. The number of thiophene rings is 1. The molecule has 0 bridgehead atoms. The molecular formula is C14H20O2S. The lowest BCUT2D eigenvalue weighted by Crippen LogP contribution is -2.20. The van der Waals surface area contributed by atoms with Crippen molar-refractivity contribution >= 4 is 17.1 Å². The highest BCUT2D eigenvalue weighted by Gasteiger charge is 2.16. The van der Waals surface area contributed by atoms with Gasteiger partial charge in [-0.25, -0.2) is 0 Å². The van der Waals surface area contributed by atoms with Gasteiger partial charge >= 0.3 is 0 Å². The van der Waals surface area contributed by atoms with Crippen molar-refractivity contribution in [3.8, 4) is 0 Å². The Kier molecular flexibility index (Phi) is 4.75. The maximum atomic E-state index is 11.9. The fourth-order valence-electron chi connectivity index (χ4n) is 2.21. The van der Waals surface area contributed by atoms with E-state index in [1.54, 1.807) is 11.3 Å². The second-order valence-corrected chi connectivity index (χ2v) is 5.78. The Balaban J connectivity index is 1.80. The Morgan fingerprint density at radius 3 is 2.76 bits per heavy atom. The normalized spacial score (nSPS) is 17.2. The third-order valence-electron chi connectivity index (χ3n) is 3.29. The fourth-order valence-corrected chi connectivity index (χ4v) is 3.09. The van der Waals surface area contributed by atoms with Crippen LogP contribution in [0.5, 0.6) is 0 Å². The predicted octanol–water partition coefficient (Wildman–Crippen LogP) is 3.84. The second kappa shape index (κ2) is 6.31. The molecule has 2 nitrogen and oxygen atoms in total. The van der Waals surface area contributed by atoms with Crippen LogP contribution in [0.2, 0.25) is 0 Å². The van der Waals surface area contributed by atoms with Gasteiger partial charge in [0.1, 0.15) is 6.61 Å². The first-order chi connectivity index (χ1) is 8.29. The molecule has 0 saturated heterocycles. The van der Waals surface area contributed by atoms with Gasteiger partial charge < -0.3 is 4.74 Å². The van der Waals surface area contributed by atoms with E-state index in [4.69, 9.17) is 4.74 Å². The molecule has 1 aromatic heterocycles. The summed E-state index contributed by atoms with van der Waals surface area (Å²) in [5, 5.41) is 0. The lowest BCUT2D eigenvalue weighted by atomic mass is 9.98. The fraction of sp³-hybridized carbons (Fsp3) is 0.643. The molecule has 0 spiro atoms. The summed E-state index contributed by atoms with van der Waals surface area (Å²) >= 11 is 1.60. The third-order valence-corrected chi connectivity index (χ3v) is 4.56. The van der Waals surface area contributed by atoms with Crippen LogP contribution in [0.4, 0.5) is 0 Å². The predicted molar refractivity (Wildman–Crippen MR) is 70.9 cm³/mol. The Bertz CT molecular complexity index is 364. The van der Waals surface area contributed by atoms with E-state index >= 15 is 0 Å². The number of ketones is 1.